The van der Waals surface area contributed by atoms with Gasteiger partial charge < -0.3 is 20.1 Å². The molecule has 0 bridgehead atoms. The van der Waals surface area contributed by atoms with Crippen LogP contribution in [-0.4, -0.2) is 45.9 Å². The van der Waals surface area contributed by atoms with Crippen molar-refractivity contribution >= 4 is 28.3 Å². The van der Waals surface area contributed by atoms with Crippen LogP contribution in [0.1, 0.15) is 27.5 Å². The van der Waals surface area contributed by atoms with E-state index in [9.17, 15) is 9.18 Å². The summed E-state index contributed by atoms with van der Waals surface area (Å²) in [4.78, 5) is 23.1. The van der Waals surface area contributed by atoms with Gasteiger partial charge in [0.25, 0.3) is 5.91 Å². The average Bonchev–Trinajstić information content (AvgIpc) is 3.28. The van der Waals surface area contributed by atoms with Crippen LogP contribution in [-0.2, 0) is 11.3 Å². The van der Waals surface area contributed by atoms with Crippen LogP contribution >= 0.6 is 0 Å². The number of fused-ring (bicyclic) bond motifs is 4. The fraction of sp³-hybridized carbons (Fsp3) is 0.227. The lowest BCUT2D eigenvalue weighted by Gasteiger charge is -2.33. The van der Waals surface area contributed by atoms with Crippen molar-refractivity contribution in [2.45, 2.75) is 12.6 Å². The maximum absolute atomic E-state index is 14.9. The number of carbonyl (C=O) groups excluding carboxylic acids is 1. The van der Waals surface area contributed by atoms with Gasteiger partial charge in [0.1, 0.15) is 22.9 Å². The first kappa shape index (κ1) is 19.3. The first-order valence-electron chi connectivity index (χ1n) is 9.70. The topological polar surface area (TPSA) is 95.0 Å². The number of hydrogen-bond donors (Lipinski definition) is 1. The second kappa shape index (κ2) is 7.21. The lowest BCUT2D eigenvalue weighted by Crippen LogP contribution is -2.36. The van der Waals surface area contributed by atoms with Crippen LogP contribution in [0.25, 0.3) is 16.6 Å². The van der Waals surface area contributed by atoms with Gasteiger partial charge in [-0.15, -0.1) is 0 Å². The van der Waals surface area contributed by atoms with E-state index in [2.05, 4.69) is 9.97 Å². The summed E-state index contributed by atoms with van der Waals surface area (Å²) in [5, 5.41) is 0. The minimum absolute atomic E-state index is 0.0581. The zero-order valence-corrected chi connectivity index (χ0v) is 17.0. The fourth-order valence-corrected chi connectivity index (χ4v) is 4.04. The summed E-state index contributed by atoms with van der Waals surface area (Å²) >= 11 is 0. The van der Waals surface area contributed by atoms with Crippen LogP contribution in [0.5, 0.6) is 5.75 Å². The number of nitrogens with two attached hydrogens (primary N) is 1. The summed E-state index contributed by atoms with van der Waals surface area (Å²) in [6.07, 6.45) is 3.13. The van der Waals surface area contributed by atoms with Crippen molar-refractivity contribution in [2.24, 2.45) is 0 Å². The van der Waals surface area contributed by atoms with Crippen molar-refractivity contribution in [3.8, 4) is 5.75 Å². The van der Waals surface area contributed by atoms with Crippen LogP contribution in [0.3, 0.4) is 0 Å². The van der Waals surface area contributed by atoms with E-state index in [1.54, 1.807) is 31.1 Å². The third kappa shape index (κ3) is 3.05. The highest BCUT2D eigenvalue weighted by Gasteiger charge is 2.30. The smallest absolute Gasteiger partial charge is 0.257 e. The molecule has 8 nitrogen and oxygen atoms in total. The molecule has 0 spiro atoms. The molecule has 2 aromatic carbocycles. The number of likely N-dealkylation sites (N-methyl/N-ethyl adjacent to an activating group) is 1. The highest BCUT2D eigenvalue weighted by Crippen LogP contribution is 2.33. The highest BCUT2D eigenvalue weighted by molar-refractivity contribution is 5.98. The normalized spacial score (nSPS) is 15.8. The molecule has 2 N–H and O–H groups in total. The summed E-state index contributed by atoms with van der Waals surface area (Å²) < 4.78 is 27.6. The van der Waals surface area contributed by atoms with Crippen LogP contribution in [0.15, 0.2) is 42.9 Å². The first-order valence-corrected chi connectivity index (χ1v) is 9.70. The van der Waals surface area contributed by atoms with E-state index >= 15 is 0 Å². The van der Waals surface area contributed by atoms with Gasteiger partial charge >= 0.3 is 0 Å². The third-order valence-corrected chi connectivity index (χ3v) is 5.73. The predicted octanol–water partition coefficient (Wildman–Crippen LogP) is 2.96. The zero-order valence-electron chi connectivity index (χ0n) is 17.0. The number of aromatic nitrogens is 3. The summed E-state index contributed by atoms with van der Waals surface area (Å²) in [6.45, 7) is 0.752. The van der Waals surface area contributed by atoms with Gasteiger partial charge in [0, 0.05) is 13.1 Å². The van der Waals surface area contributed by atoms with Crippen molar-refractivity contribution in [3.63, 3.8) is 0 Å². The second-order valence-electron chi connectivity index (χ2n) is 7.48. The minimum Gasteiger partial charge on any atom is -0.497 e. The van der Waals surface area contributed by atoms with E-state index in [0.717, 1.165) is 11.1 Å². The number of rotatable bonds is 3. The summed E-state index contributed by atoms with van der Waals surface area (Å²) in [6, 6.07) is 8.02. The summed E-state index contributed by atoms with van der Waals surface area (Å²) in [5.41, 5.74) is 9.25. The number of benzene rings is 2. The van der Waals surface area contributed by atoms with Crippen molar-refractivity contribution in [1.82, 2.24) is 19.3 Å². The molecular weight excluding hydrogens is 401 g/mol. The lowest BCUT2D eigenvalue weighted by molar-refractivity contribution is 0.0343. The number of anilines is 1. The molecule has 1 aliphatic rings. The quantitative estimate of drug-likeness (QED) is 0.547. The number of ether oxygens (including phenoxy) is 2. The molecule has 2 aromatic heterocycles. The molecule has 5 rings (SSSR count). The molecule has 9 heteroatoms. The van der Waals surface area contributed by atoms with Gasteiger partial charge in [-0.25, -0.2) is 14.4 Å². The van der Waals surface area contributed by atoms with Gasteiger partial charge in [-0.3, -0.25) is 9.20 Å². The fourth-order valence-electron chi connectivity index (χ4n) is 4.04. The Hall–Kier alpha value is -3.72. The van der Waals surface area contributed by atoms with Crippen LogP contribution in [0.4, 0.5) is 10.2 Å². The number of halogens is 1. The Morgan fingerprint density at radius 3 is 2.97 bits per heavy atom. The number of methoxy groups -OCH3 is 1. The van der Waals surface area contributed by atoms with E-state index in [-0.39, 0.29) is 17.4 Å². The Morgan fingerprint density at radius 1 is 1.32 bits per heavy atom. The minimum atomic E-state index is -0.664. The van der Waals surface area contributed by atoms with Crippen molar-refractivity contribution in [3.05, 3.63) is 65.4 Å². The predicted molar refractivity (Wildman–Crippen MR) is 112 cm³/mol. The van der Waals surface area contributed by atoms with E-state index in [4.69, 9.17) is 15.2 Å². The van der Waals surface area contributed by atoms with Gasteiger partial charge in [0.15, 0.2) is 0 Å². The maximum atomic E-state index is 14.9. The Balaban J connectivity index is 1.56. The molecule has 0 unspecified atom stereocenters. The van der Waals surface area contributed by atoms with E-state index in [1.807, 2.05) is 18.2 Å². The molecular formula is C22H20FN5O3. The van der Waals surface area contributed by atoms with E-state index in [1.165, 1.54) is 17.0 Å². The Kier molecular flexibility index (Phi) is 4.48. The Morgan fingerprint density at radius 2 is 2.16 bits per heavy atom. The lowest BCUT2D eigenvalue weighted by atomic mass is 9.97. The molecule has 1 atom stereocenters. The van der Waals surface area contributed by atoms with Gasteiger partial charge in [-0.05, 0) is 29.3 Å². The van der Waals surface area contributed by atoms with Gasteiger partial charge in [-0.1, -0.05) is 6.07 Å². The molecule has 3 heterocycles. The summed E-state index contributed by atoms with van der Waals surface area (Å²) in [5.74, 6) is -0.162. The highest BCUT2D eigenvalue weighted by atomic mass is 19.1. The molecule has 0 aliphatic carbocycles. The monoisotopic (exact) mass is 421 g/mol. The van der Waals surface area contributed by atoms with Crippen molar-refractivity contribution < 1.29 is 18.7 Å². The number of hydrogen-bond acceptors (Lipinski definition) is 6. The van der Waals surface area contributed by atoms with Crippen LogP contribution < -0.4 is 10.5 Å². The number of nitrogens with zero attached hydrogens (tertiary/aromatic N) is 4. The largest absolute Gasteiger partial charge is 0.497 e. The molecule has 1 amide bonds. The molecule has 158 valence electrons. The Bertz CT molecular complexity index is 1340. The van der Waals surface area contributed by atoms with Crippen molar-refractivity contribution in [2.75, 3.05) is 26.5 Å². The molecule has 0 saturated heterocycles. The zero-order chi connectivity index (χ0) is 21.7. The molecule has 0 saturated carbocycles. The molecule has 1 aliphatic heterocycles. The third-order valence-electron chi connectivity index (χ3n) is 5.73. The number of nitrogen functional groups attached to an aromatic ring is 1. The van der Waals surface area contributed by atoms with E-state index in [0.29, 0.717) is 35.5 Å². The number of imidazole rings is 1. The van der Waals surface area contributed by atoms with Gasteiger partial charge in [0.2, 0.25) is 0 Å². The molecule has 31 heavy (non-hydrogen) atoms. The molecule has 4 aromatic rings. The second-order valence-corrected chi connectivity index (χ2v) is 7.48. The number of carbonyl (C=O) groups is 1. The maximum Gasteiger partial charge on any atom is 0.257 e. The SMILES string of the molecule is COc1ccc2c(c1)COC[C@H]2N(C)C(=O)c1cc2c(cc1F)nc(N)c1cncn12. The summed E-state index contributed by atoms with van der Waals surface area (Å²) in [7, 11) is 3.24. The molecule has 0 fully saturated rings. The molecule has 0 radical (unpaired) electrons. The Labute approximate surface area is 177 Å². The van der Waals surface area contributed by atoms with Gasteiger partial charge in [-0.2, -0.15) is 0 Å². The average molecular weight is 421 g/mol. The standard InChI is InChI=1S/C22H20FN5O3/c1-27(20-10-31-9-12-5-13(30-2)3-4-14(12)20)22(29)15-6-18-17(7-16(15)23)26-21(24)19-8-25-11-28(18)19/h3-8,11,20H,9-10H2,1-2H3,(H2,24,26)/t20-/m1/s1. The number of amides is 1. The van der Waals surface area contributed by atoms with Crippen molar-refractivity contribution in [1.29, 1.82) is 0 Å². The van der Waals surface area contributed by atoms with Gasteiger partial charge in [0.05, 0.1) is 55.5 Å². The van der Waals surface area contributed by atoms with Crippen LogP contribution in [0, 0.1) is 5.82 Å². The van der Waals surface area contributed by atoms with E-state index < -0.39 is 11.7 Å². The van der Waals surface area contributed by atoms with Crippen LogP contribution in [0.2, 0.25) is 0 Å². The first-order chi connectivity index (χ1) is 15.0.